The summed E-state index contributed by atoms with van der Waals surface area (Å²) in [4.78, 5) is 37.7. The molecule has 0 heterocycles. The second kappa shape index (κ2) is 31.5. The van der Waals surface area contributed by atoms with E-state index in [9.17, 15) is 34.4 Å². The predicted octanol–water partition coefficient (Wildman–Crippen LogP) is 7.43. The highest BCUT2D eigenvalue weighted by Crippen LogP contribution is 2.38. The molecule has 3 N–H and O–H groups in total. The molecular weight excluding hydrogens is 749 g/mol. The summed E-state index contributed by atoms with van der Waals surface area (Å²) in [6, 6.07) is 0. The van der Waals surface area contributed by atoms with E-state index in [4.69, 9.17) is 18.5 Å². The third-order valence-electron chi connectivity index (χ3n) is 9.62. The van der Waals surface area contributed by atoms with Gasteiger partial charge in [-0.1, -0.05) is 113 Å². The number of ether oxygens (including phenoxy) is 2. The van der Waals surface area contributed by atoms with Gasteiger partial charge in [-0.15, -0.1) is 0 Å². The first-order valence-electron chi connectivity index (χ1n) is 21.3. The first kappa shape index (κ1) is 52.6. The number of rotatable bonds is 33. The largest absolute Gasteiger partial charge is 0.756 e. The molecule has 57 heavy (non-hydrogen) atoms. The molecule has 1 saturated carbocycles. The van der Waals surface area contributed by atoms with Gasteiger partial charge in [0, 0.05) is 18.8 Å². The summed E-state index contributed by atoms with van der Waals surface area (Å²) < 4.78 is 33.7. The van der Waals surface area contributed by atoms with Crippen molar-refractivity contribution >= 4 is 19.8 Å². The Morgan fingerprint density at radius 1 is 0.825 bits per heavy atom. The third kappa shape index (κ3) is 28.6. The zero-order valence-corrected chi connectivity index (χ0v) is 36.5. The summed E-state index contributed by atoms with van der Waals surface area (Å²) in [7, 11) is 0.971. The maximum atomic E-state index is 12.7. The number of carbonyl (C=O) groups is 2. The van der Waals surface area contributed by atoms with Gasteiger partial charge in [0.25, 0.3) is 7.82 Å². The summed E-state index contributed by atoms with van der Waals surface area (Å²) in [5.74, 6) is -1.77. The fourth-order valence-electron chi connectivity index (χ4n) is 6.23. The van der Waals surface area contributed by atoms with E-state index in [1.807, 2.05) is 21.1 Å². The van der Waals surface area contributed by atoms with Crippen LogP contribution in [0.15, 0.2) is 60.8 Å². The molecule has 0 spiro atoms. The van der Waals surface area contributed by atoms with E-state index in [-0.39, 0.29) is 37.7 Å². The summed E-state index contributed by atoms with van der Waals surface area (Å²) in [5, 5.41) is 31.3. The van der Waals surface area contributed by atoms with Gasteiger partial charge in [-0.2, -0.15) is 0 Å². The summed E-state index contributed by atoms with van der Waals surface area (Å²) in [6.45, 7) is 3.58. The molecule has 1 fully saturated rings. The molecule has 1 aliphatic carbocycles. The highest BCUT2D eigenvalue weighted by molar-refractivity contribution is 7.45. The van der Waals surface area contributed by atoms with Crippen LogP contribution < -0.4 is 4.89 Å². The molecule has 7 atom stereocenters. The van der Waals surface area contributed by atoms with Gasteiger partial charge in [-0.3, -0.25) is 14.2 Å². The maximum Gasteiger partial charge on any atom is 0.309 e. The Balaban J connectivity index is 2.59. The molecule has 0 amide bonds. The lowest BCUT2D eigenvalue weighted by atomic mass is 9.89. The van der Waals surface area contributed by atoms with Crippen LogP contribution in [0.1, 0.15) is 123 Å². The first-order chi connectivity index (χ1) is 27.2. The fourth-order valence-corrected chi connectivity index (χ4v) is 6.96. The third-order valence-corrected chi connectivity index (χ3v) is 10.6. The molecule has 0 aromatic rings. The molecule has 13 heteroatoms. The standard InChI is InChI=1S/C44H76NO11P/c1-6-8-10-11-12-13-14-15-16-17-18-19-20-21-23-29-44(50)56-38(36-55-57(51,52)54-33-32-45(3,4)5)35-53-43(49)28-25-24-27-39-40(42(48)34-41(39)47)31-30-37(46)26-22-9-7-2/h8,10,12-13,15-16,24-25,30-31,37-42,46-48H,6-7,9,11,14,17-23,26-29,32-36H2,1-5H3/b10-8-,13-12-,16-15-,25-24-,31-30+/t37-,38-,39+,40-,41+,42-/m1/s1. The first-order valence-corrected chi connectivity index (χ1v) is 22.7. The van der Waals surface area contributed by atoms with Gasteiger partial charge in [0.05, 0.1) is 52.5 Å². The van der Waals surface area contributed by atoms with Crippen LogP contribution in [0.3, 0.4) is 0 Å². The molecule has 1 rings (SSSR count). The Morgan fingerprint density at radius 2 is 1.51 bits per heavy atom. The molecule has 1 aliphatic rings. The number of allylic oxidation sites excluding steroid dienone is 7. The van der Waals surface area contributed by atoms with Crippen molar-refractivity contribution in [3.63, 3.8) is 0 Å². The normalized spacial score (nSPS) is 21.4. The van der Waals surface area contributed by atoms with Gasteiger partial charge < -0.3 is 43.2 Å². The zero-order valence-electron chi connectivity index (χ0n) is 35.6. The highest BCUT2D eigenvalue weighted by Gasteiger charge is 2.39. The van der Waals surface area contributed by atoms with Gasteiger partial charge in [-0.25, -0.2) is 0 Å². The van der Waals surface area contributed by atoms with Crippen molar-refractivity contribution in [2.24, 2.45) is 11.8 Å². The van der Waals surface area contributed by atoms with E-state index in [1.54, 1.807) is 24.3 Å². The maximum absolute atomic E-state index is 12.7. The van der Waals surface area contributed by atoms with Gasteiger partial charge in [-0.05, 0) is 57.3 Å². The van der Waals surface area contributed by atoms with Crippen LogP contribution in [0.25, 0.3) is 0 Å². The number of aliphatic hydroxyl groups is 3. The predicted molar refractivity (Wildman–Crippen MR) is 224 cm³/mol. The smallest absolute Gasteiger partial charge is 0.309 e. The summed E-state index contributed by atoms with van der Waals surface area (Å²) in [6.07, 6.45) is 29.5. The van der Waals surface area contributed by atoms with E-state index in [2.05, 4.69) is 50.3 Å². The van der Waals surface area contributed by atoms with Crippen LogP contribution in [-0.4, -0.2) is 104 Å². The molecule has 0 aliphatic heterocycles. The summed E-state index contributed by atoms with van der Waals surface area (Å²) >= 11 is 0. The lowest BCUT2D eigenvalue weighted by Gasteiger charge is -2.28. The number of quaternary nitrogens is 1. The van der Waals surface area contributed by atoms with Crippen LogP contribution >= 0.6 is 7.82 Å². The molecule has 0 aromatic heterocycles. The van der Waals surface area contributed by atoms with Crippen molar-refractivity contribution in [3.8, 4) is 0 Å². The van der Waals surface area contributed by atoms with E-state index in [0.717, 1.165) is 70.6 Å². The molecular formula is C44H76NO11P. The van der Waals surface area contributed by atoms with Crippen LogP contribution in [0, 0.1) is 11.8 Å². The van der Waals surface area contributed by atoms with Gasteiger partial charge >= 0.3 is 11.9 Å². The number of nitrogens with zero attached hydrogens (tertiary/aromatic N) is 1. The fraction of sp³-hybridized carbons (Fsp3) is 0.727. The Bertz CT molecular complexity index is 1280. The Hall–Kier alpha value is -2.41. The van der Waals surface area contributed by atoms with Crippen molar-refractivity contribution in [1.29, 1.82) is 0 Å². The van der Waals surface area contributed by atoms with Crippen molar-refractivity contribution < 1.29 is 57.4 Å². The van der Waals surface area contributed by atoms with E-state index in [0.29, 0.717) is 30.3 Å². The number of phosphoric acid groups is 1. The quantitative estimate of drug-likeness (QED) is 0.0198. The number of unbranched alkanes of at least 4 members (excludes halogenated alkanes) is 7. The lowest BCUT2D eigenvalue weighted by Crippen LogP contribution is -2.37. The minimum Gasteiger partial charge on any atom is -0.756 e. The molecule has 328 valence electrons. The average Bonchev–Trinajstić information content (AvgIpc) is 3.42. The Kier molecular flexibility index (Phi) is 29.1. The molecule has 0 saturated heterocycles. The summed E-state index contributed by atoms with van der Waals surface area (Å²) in [5.41, 5.74) is 0. The number of aliphatic hydroxyl groups excluding tert-OH is 3. The number of hydrogen-bond acceptors (Lipinski definition) is 11. The number of phosphoric ester groups is 1. The second-order valence-electron chi connectivity index (χ2n) is 16.0. The van der Waals surface area contributed by atoms with Gasteiger partial charge in [0.15, 0.2) is 6.10 Å². The van der Waals surface area contributed by atoms with Crippen molar-refractivity contribution in [3.05, 3.63) is 60.8 Å². The van der Waals surface area contributed by atoms with Crippen LogP contribution in [-0.2, 0) is 32.7 Å². The zero-order chi connectivity index (χ0) is 42.4. The molecule has 0 radical (unpaired) electrons. The molecule has 0 bridgehead atoms. The SMILES string of the molecule is CC/C=C\C/C=C\C/C=C\CCCCCCCC(=O)O[C@H](COC(=O)C/C=C\C[C@H]1[C@@H](/C=C/[C@H](O)CCCCC)[C@H](O)C[C@@H]1O)COP(=O)([O-])OCC[N+](C)(C)C. The van der Waals surface area contributed by atoms with E-state index >= 15 is 0 Å². The van der Waals surface area contributed by atoms with Crippen molar-refractivity contribution in [1.82, 2.24) is 0 Å². The minimum absolute atomic E-state index is 0.0875. The second-order valence-corrected chi connectivity index (χ2v) is 17.4. The Labute approximate surface area is 343 Å². The minimum atomic E-state index is -4.71. The Morgan fingerprint density at radius 3 is 2.21 bits per heavy atom. The van der Waals surface area contributed by atoms with Crippen molar-refractivity contribution in [2.45, 2.75) is 147 Å². The topological polar surface area (TPSA) is 172 Å². The number of likely N-dealkylation sites (N-methyl/N-ethyl adjacent to an activating group) is 1. The number of carbonyl (C=O) groups excluding carboxylic acids is 2. The van der Waals surface area contributed by atoms with Crippen molar-refractivity contribution in [2.75, 3.05) is 47.5 Å². The molecule has 1 unspecified atom stereocenters. The van der Waals surface area contributed by atoms with E-state index < -0.39 is 57.4 Å². The van der Waals surface area contributed by atoms with Crippen LogP contribution in [0.4, 0.5) is 0 Å². The highest BCUT2D eigenvalue weighted by atomic mass is 31.2. The monoisotopic (exact) mass is 826 g/mol. The van der Waals surface area contributed by atoms with Crippen LogP contribution in [0.5, 0.6) is 0 Å². The van der Waals surface area contributed by atoms with Crippen LogP contribution in [0.2, 0.25) is 0 Å². The average molecular weight is 826 g/mol. The molecule has 12 nitrogen and oxygen atoms in total. The van der Waals surface area contributed by atoms with E-state index in [1.165, 1.54) is 0 Å². The van der Waals surface area contributed by atoms with Gasteiger partial charge in [0.1, 0.15) is 19.8 Å². The lowest BCUT2D eigenvalue weighted by molar-refractivity contribution is -0.870. The number of esters is 2. The molecule has 0 aromatic carbocycles. The number of hydrogen-bond donors (Lipinski definition) is 3. The van der Waals surface area contributed by atoms with Gasteiger partial charge in [0.2, 0.25) is 0 Å².